The van der Waals surface area contributed by atoms with E-state index in [2.05, 4.69) is 4.90 Å². The van der Waals surface area contributed by atoms with Gasteiger partial charge in [-0.3, -0.25) is 4.90 Å². The summed E-state index contributed by atoms with van der Waals surface area (Å²) >= 11 is 0. The highest BCUT2D eigenvalue weighted by Crippen LogP contribution is 2.29. The molecule has 1 heterocycles. The van der Waals surface area contributed by atoms with Crippen molar-refractivity contribution < 1.29 is 32.2 Å². The van der Waals surface area contributed by atoms with E-state index < -0.39 is 10.0 Å². The van der Waals surface area contributed by atoms with E-state index in [1.165, 1.54) is 18.5 Å². The first kappa shape index (κ1) is 29.5. The fourth-order valence-electron chi connectivity index (χ4n) is 4.66. The number of carbonyl (C=O) groups excluding carboxylic acids is 1. The number of methoxy groups -OCH3 is 3. The lowest BCUT2D eigenvalue weighted by Gasteiger charge is -2.36. The molecular weight excluding hydrogens is 532 g/mol. The molecule has 40 heavy (non-hydrogen) atoms. The topological polar surface area (TPSA) is 94.6 Å². The molecule has 3 aromatic carbocycles. The second-order valence-corrected chi connectivity index (χ2v) is 11.5. The molecule has 0 aliphatic carbocycles. The van der Waals surface area contributed by atoms with Gasteiger partial charge in [0.25, 0.3) is 0 Å². The van der Waals surface area contributed by atoms with Crippen LogP contribution < -0.4 is 9.47 Å². The number of hydrogen-bond acceptors (Lipinski definition) is 8. The Bertz CT molecular complexity index is 1400. The lowest BCUT2D eigenvalue weighted by molar-refractivity contribution is 0.00760. The molecule has 10 heteroatoms. The maximum atomic E-state index is 13.4. The molecule has 0 bridgehead atoms. The predicted octanol–water partition coefficient (Wildman–Crippen LogP) is 4.06. The molecule has 0 amide bonds. The van der Waals surface area contributed by atoms with Crippen molar-refractivity contribution in [1.82, 2.24) is 9.21 Å². The summed E-state index contributed by atoms with van der Waals surface area (Å²) in [5.41, 5.74) is 3.22. The van der Waals surface area contributed by atoms with Crippen molar-refractivity contribution in [1.29, 1.82) is 0 Å². The molecule has 1 aliphatic rings. The summed E-state index contributed by atoms with van der Waals surface area (Å²) in [4.78, 5) is 14.2. The summed E-state index contributed by atoms with van der Waals surface area (Å²) in [5, 5.41) is 0. The number of hydrogen-bond donors (Lipinski definition) is 0. The second kappa shape index (κ2) is 13.3. The van der Waals surface area contributed by atoms with Gasteiger partial charge in [-0.05, 0) is 60.0 Å². The maximum absolute atomic E-state index is 13.4. The van der Waals surface area contributed by atoms with E-state index in [0.717, 1.165) is 22.4 Å². The fourth-order valence-corrected chi connectivity index (χ4v) is 6.32. The molecular formula is C30H36N2O7S. The lowest BCUT2D eigenvalue weighted by atomic mass is 10.1. The molecule has 9 nitrogen and oxygen atoms in total. The summed E-state index contributed by atoms with van der Waals surface area (Å²) in [5.74, 6) is 0.694. The van der Waals surface area contributed by atoms with Crippen LogP contribution in [-0.4, -0.2) is 77.6 Å². The maximum Gasteiger partial charge on any atom is 0.337 e. The van der Waals surface area contributed by atoms with Gasteiger partial charge in [-0.2, -0.15) is 4.31 Å². The average Bonchev–Trinajstić information content (AvgIpc) is 2.99. The van der Waals surface area contributed by atoms with Gasteiger partial charge in [0.05, 0.1) is 39.6 Å². The van der Waals surface area contributed by atoms with Crippen molar-refractivity contribution in [2.75, 3.05) is 54.1 Å². The third kappa shape index (κ3) is 7.00. The van der Waals surface area contributed by atoms with Crippen LogP contribution in [0.1, 0.15) is 33.2 Å². The number of piperazine rings is 1. The van der Waals surface area contributed by atoms with E-state index in [1.54, 1.807) is 31.4 Å². The molecule has 1 fully saturated rings. The molecule has 0 spiro atoms. The van der Waals surface area contributed by atoms with Crippen LogP contribution in [0.2, 0.25) is 0 Å². The van der Waals surface area contributed by atoms with E-state index in [-0.39, 0.29) is 17.0 Å². The molecule has 0 aromatic heterocycles. The molecule has 1 aliphatic heterocycles. The number of rotatable bonds is 11. The van der Waals surface area contributed by atoms with Crippen molar-refractivity contribution in [3.63, 3.8) is 0 Å². The van der Waals surface area contributed by atoms with Crippen molar-refractivity contribution in [3.05, 3.63) is 89.0 Å². The van der Waals surface area contributed by atoms with Crippen LogP contribution in [0.4, 0.5) is 0 Å². The Labute approximate surface area is 236 Å². The van der Waals surface area contributed by atoms with Gasteiger partial charge in [-0.1, -0.05) is 30.3 Å². The van der Waals surface area contributed by atoms with Crippen LogP contribution >= 0.6 is 0 Å². The summed E-state index contributed by atoms with van der Waals surface area (Å²) in [6, 6.07) is 20.1. The molecule has 214 valence electrons. The van der Waals surface area contributed by atoms with Crippen LogP contribution in [0.15, 0.2) is 71.6 Å². The normalized spacial score (nSPS) is 15.4. The first-order valence-electron chi connectivity index (χ1n) is 13.0. The van der Waals surface area contributed by atoms with Gasteiger partial charge in [0.2, 0.25) is 10.0 Å². The van der Waals surface area contributed by atoms with Crippen LogP contribution in [0, 0.1) is 6.92 Å². The van der Waals surface area contributed by atoms with E-state index >= 15 is 0 Å². The fraction of sp³-hybridized carbons (Fsp3) is 0.367. The van der Waals surface area contributed by atoms with Gasteiger partial charge in [-0.25, -0.2) is 13.2 Å². The van der Waals surface area contributed by atoms with Gasteiger partial charge >= 0.3 is 5.97 Å². The first-order valence-corrected chi connectivity index (χ1v) is 14.5. The number of esters is 1. The number of benzene rings is 3. The summed E-state index contributed by atoms with van der Waals surface area (Å²) in [6.45, 7) is 4.62. The Balaban J connectivity index is 1.45. The SMILES string of the molecule is COC(=O)c1ccc(CO[C@@H](CN2CCN(S(=O)(=O)c3cc(C)ccc3OC)CC2)c2cccc(OC)c2)cc1. The smallest absolute Gasteiger partial charge is 0.337 e. The zero-order valence-electron chi connectivity index (χ0n) is 23.3. The van der Waals surface area contributed by atoms with Crippen molar-refractivity contribution >= 4 is 16.0 Å². The Kier molecular flexibility index (Phi) is 9.80. The molecule has 0 saturated carbocycles. The van der Waals surface area contributed by atoms with E-state index in [4.69, 9.17) is 18.9 Å². The van der Waals surface area contributed by atoms with Gasteiger partial charge in [0, 0.05) is 32.7 Å². The molecule has 0 unspecified atom stereocenters. The number of ether oxygens (including phenoxy) is 4. The van der Waals surface area contributed by atoms with Gasteiger partial charge < -0.3 is 18.9 Å². The average molecular weight is 569 g/mol. The van der Waals surface area contributed by atoms with Crippen molar-refractivity contribution in [3.8, 4) is 11.5 Å². The highest BCUT2D eigenvalue weighted by Gasteiger charge is 2.32. The minimum atomic E-state index is -3.70. The van der Waals surface area contributed by atoms with Crippen LogP contribution in [-0.2, 0) is 26.1 Å². The Morgan fingerprint density at radius 3 is 2.27 bits per heavy atom. The monoisotopic (exact) mass is 568 g/mol. The van der Waals surface area contributed by atoms with Crippen molar-refractivity contribution in [2.24, 2.45) is 0 Å². The second-order valence-electron chi connectivity index (χ2n) is 9.62. The lowest BCUT2D eigenvalue weighted by Crippen LogP contribution is -2.49. The van der Waals surface area contributed by atoms with Gasteiger partial charge in [-0.15, -0.1) is 0 Å². The quantitative estimate of drug-likeness (QED) is 0.320. The Hall–Kier alpha value is -3.44. The molecule has 1 atom stereocenters. The summed E-state index contributed by atoms with van der Waals surface area (Å²) in [7, 11) is 0.762. The highest BCUT2D eigenvalue weighted by molar-refractivity contribution is 7.89. The molecule has 0 N–H and O–H groups in total. The number of nitrogens with zero attached hydrogens (tertiary/aromatic N) is 2. The van der Waals surface area contributed by atoms with Crippen molar-refractivity contribution in [2.45, 2.75) is 24.5 Å². The van der Waals surface area contributed by atoms with Gasteiger partial charge in [0.15, 0.2) is 0 Å². The van der Waals surface area contributed by atoms with Crippen LogP contribution in [0.5, 0.6) is 11.5 Å². The molecule has 0 radical (unpaired) electrons. The highest BCUT2D eigenvalue weighted by atomic mass is 32.2. The zero-order chi connectivity index (χ0) is 28.7. The molecule has 4 rings (SSSR count). The third-order valence-electron chi connectivity index (χ3n) is 6.98. The standard InChI is InChI=1S/C30H36N2O7S/c1-22-8-13-27(37-3)29(18-22)40(34,35)32-16-14-31(15-17-32)20-28(25-6-5-7-26(19-25)36-2)39-21-23-9-11-24(12-10-23)30(33)38-4/h5-13,18-19,28H,14-17,20-21H2,1-4H3/t28-/m0/s1. The summed E-state index contributed by atoms with van der Waals surface area (Å²) in [6.07, 6.45) is -0.282. The predicted molar refractivity (Wildman–Crippen MR) is 151 cm³/mol. The minimum absolute atomic E-state index is 0.194. The first-order chi connectivity index (χ1) is 19.2. The minimum Gasteiger partial charge on any atom is -0.497 e. The zero-order valence-corrected chi connectivity index (χ0v) is 24.1. The summed E-state index contributed by atoms with van der Waals surface area (Å²) < 4.78 is 50.3. The van der Waals surface area contributed by atoms with Gasteiger partial charge in [0.1, 0.15) is 16.4 Å². The Morgan fingerprint density at radius 1 is 0.900 bits per heavy atom. The van der Waals surface area contributed by atoms with E-state index in [9.17, 15) is 13.2 Å². The number of sulfonamides is 1. The number of aryl methyl sites for hydroxylation is 1. The largest absolute Gasteiger partial charge is 0.497 e. The third-order valence-corrected chi connectivity index (χ3v) is 8.90. The number of carbonyl (C=O) groups is 1. The molecule has 1 saturated heterocycles. The molecule has 3 aromatic rings. The van der Waals surface area contributed by atoms with E-state index in [0.29, 0.717) is 50.6 Å². The Morgan fingerprint density at radius 2 is 1.62 bits per heavy atom. The van der Waals surface area contributed by atoms with E-state index in [1.807, 2.05) is 49.4 Å². The van der Waals surface area contributed by atoms with Crippen LogP contribution in [0.25, 0.3) is 0 Å². The van der Waals surface area contributed by atoms with Crippen LogP contribution in [0.3, 0.4) is 0 Å².